The minimum absolute atomic E-state index is 0.610. The molecule has 2 rings (SSSR count). The molecule has 15 heavy (non-hydrogen) atoms. The molecule has 0 saturated carbocycles. The molecular formula is C12H16N2S. The zero-order valence-corrected chi connectivity index (χ0v) is 9.81. The average Bonchev–Trinajstić information content (AvgIpc) is 2.78. The summed E-state index contributed by atoms with van der Waals surface area (Å²) >= 11 is 1.73. The van der Waals surface area contributed by atoms with E-state index in [9.17, 15) is 0 Å². The predicted molar refractivity (Wildman–Crippen MR) is 63.0 cm³/mol. The Labute approximate surface area is 94.9 Å². The van der Waals surface area contributed by atoms with Crippen LogP contribution in [0, 0.1) is 17.2 Å². The van der Waals surface area contributed by atoms with Gasteiger partial charge in [-0.2, -0.15) is 5.26 Å². The van der Waals surface area contributed by atoms with E-state index in [0.29, 0.717) is 5.92 Å². The fourth-order valence-corrected chi connectivity index (χ4v) is 3.21. The number of hydrogen-bond donors (Lipinski definition) is 1. The van der Waals surface area contributed by atoms with Gasteiger partial charge in [-0.25, -0.2) is 0 Å². The second-order valence-corrected chi connectivity index (χ2v) is 5.17. The number of nitriles is 1. The molecule has 1 unspecified atom stereocenters. The molecule has 1 aliphatic heterocycles. The van der Waals surface area contributed by atoms with Crippen LogP contribution in [0.3, 0.4) is 0 Å². The Morgan fingerprint density at radius 3 is 2.87 bits per heavy atom. The van der Waals surface area contributed by atoms with Crippen molar-refractivity contribution in [3.8, 4) is 6.07 Å². The molecule has 2 heterocycles. The number of piperidine rings is 1. The molecule has 0 bridgehead atoms. The number of nitrogens with one attached hydrogen (secondary N) is 1. The number of thiophene rings is 1. The summed E-state index contributed by atoms with van der Waals surface area (Å²) in [6.07, 6.45) is 2.53. The Kier molecular flexibility index (Phi) is 3.40. The van der Waals surface area contributed by atoms with Crippen LogP contribution in [0.4, 0.5) is 0 Å². The van der Waals surface area contributed by atoms with Gasteiger partial charge in [0.05, 0.1) is 5.56 Å². The van der Waals surface area contributed by atoms with Crippen molar-refractivity contribution < 1.29 is 0 Å². The molecule has 2 nitrogen and oxygen atoms in total. The molecular weight excluding hydrogens is 204 g/mol. The second-order valence-electron chi connectivity index (χ2n) is 4.23. The van der Waals surface area contributed by atoms with Gasteiger partial charge in [-0.05, 0) is 43.8 Å². The molecule has 0 aliphatic carbocycles. The van der Waals surface area contributed by atoms with E-state index in [2.05, 4.69) is 24.4 Å². The summed E-state index contributed by atoms with van der Waals surface area (Å²) in [5, 5.41) is 14.1. The van der Waals surface area contributed by atoms with Gasteiger partial charge in [-0.15, -0.1) is 11.3 Å². The zero-order valence-electron chi connectivity index (χ0n) is 8.99. The van der Waals surface area contributed by atoms with Gasteiger partial charge in [0, 0.05) is 10.3 Å². The Balaban J connectivity index is 2.06. The first-order chi connectivity index (χ1) is 7.31. The van der Waals surface area contributed by atoms with Crippen LogP contribution in [0.15, 0.2) is 11.4 Å². The lowest BCUT2D eigenvalue weighted by atomic mass is 9.85. The van der Waals surface area contributed by atoms with Crippen molar-refractivity contribution in [1.29, 1.82) is 5.26 Å². The van der Waals surface area contributed by atoms with Gasteiger partial charge in [0.2, 0.25) is 0 Å². The van der Waals surface area contributed by atoms with Gasteiger partial charge < -0.3 is 5.32 Å². The molecule has 0 radical (unpaired) electrons. The summed E-state index contributed by atoms with van der Waals surface area (Å²) in [5.41, 5.74) is 0.816. The normalized spacial score (nSPS) is 19.7. The third-order valence-electron chi connectivity index (χ3n) is 3.29. The van der Waals surface area contributed by atoms with Crippen molar-refractivity contribution in [1.82, 2.24) is 5.32 Å². The Morgan fingerprint density at radius 2 is 2.27 bits per heavy atom. The highest BCUT2D eigenvalue weighted by Gasteiger charge is 2.22. The lowest BCUT2D eigenvalue weighted by Gasteiger charge is -2.27. The SMILES string of the molecule is CC(c1cc(C#N)cs1)C1CCNCC1. The van der Waals surface area contributed by atoms with Crippen molar-refractivity contribution in [2.45, 2.75) is 25.7 Å². The van der Waals surface area contributed by atoms with E-state index in [1.165, 1.54) is 17.7 Å². The number of nitrogens with zero attached hydrogens (tertiary/aromatic N) is 1. The lowest BCUT2D eigenvalue weighted by molar-refractivity contribution is 0.333. The smallest absolute Gasteiger partial charge is 0.100 e. The van der Waals surface area contributed by atoms with Crippen molar-refractivity contribution >= 4 is 11.3 Å². The molecule has 3 heteroatoms. The molecule has 1 aromatic rings. The number of hydrogen-bond acceptors (Lipinski definition) is 3. The average molecular weight is 220 g/mol. The van der Waals surface area contributed by atoms with Gasteiger partial charge >= 0.3 is 0 Å². The highest BCUT2D eigenvalue weighted by atomic mass is 32.1. The van der Waals surface area contributed by atoms with Crippen molar-refractivity contribution in [2.75, 3.05) is 13.1 Å². The third kappa shape index (κ3) is 2.39. The Bertz CT molecular complexity index is 358. The molecule has 1 aliphatic rings. The Morgan fingerprint density at radius 1 is 1.53 bits per heavy atom. The first-order valence-electron chi connectivity index (χ1n) is 5.50. The maximum atomic E-state index is 8.79. The van der Waals surface area contributed by atoms with Crippen LogP contribution in [-0.2, 0) is 0 Å². The van der Waals surface area contributed by atoms with Gasteiger partial charge in [-0.3, -0.25) is 0 Å². The van der Waals surface area contributed by atoms with E-state index < -0.39 is 0 Å². The molecule has 0 aromatic carbocycles. The monoisotopic (exact) mass is 220 g/mol. The van der Waals surface area contributed by atoms with E-state index in [0.717, 1.165) is 24.6 Å². The summed E-state index contributed by atoms with van der Waals surface area (Å²) in [5.74, 6) is 1.40. The molecule has 1 saturated heterocycles. The quantitative estimate of drug-likeness (QED) is 0.832. The molecule has 1 atom stereocenters. The fraction of sp³-hybridized carbons (Fsp3) is 0.583. The van der Waals surface area contributed by atoms with Crippen LogP contribution in [-0.4, -0.2) is 13.1 Å². The summed E-state index contributed by atoms with van der Waals surface area (Å²) < 4.78 is 0. The maximum absolute atomic E-state index is 8.79. The zero-order chi connectivity index (χ0) is 10.7. The van der Waals surface area contributed by atoms with E-state index in [4.69, 9.17) is 5.26 Å². The molecule has 0 spiro atoms. The highest BCUT2D eigenvalue weighted by Crippen LogP contribution is 2.33. The van der Waals surface area contributed by atoms with Gasteiger partial charge in [0.15, 0.2) is 0 Å². The summed E-state index contributed by atoms with van der Waals surface area (Å²) in [6, 6.07) is 4.26. The van der Waals surface area contributed by atoms with Crippen LogP contribution in [0.25, 0.3) is 0 Å². The topological polar surface area (TPSA) is 35.8 Å². The van der Waals surface area contributed by atoms with Gasteiger partial charge in [0.1, 0.15) is 6.07 Å². The summed E-state index contributed by atoms with van der Waals surface area (Å²) in [6.45, 7) is 4.58. The van der Waals surface area contributed by atoms with Gasteiger partial charge in [0.25, 0.3) is 0 Å². The molecule has 80 valence electrons. The molecule has 1 N–H and O–H groups in total. The van der Waals surface area contributed by atoms with Crippen molar-refractivity contribution in [3.63, 3.8) is 0 Å². The van der Waals surface area contributed by atoms with Crippen molar-refractivity contribution in [2.24, 2.45) is 5.92 Å². The van der Waals surface area contributed by atoms with Gasteiger partial charge in [-0.1, -0.05) is 6.92 Å². The highest BCUT2D eigenvalue weighted by molar-refractivity contribution is 7.10. The van der Waals surface area contributed by atoms with Crippen LogP contribution in [0.5, 0.6) is 0 Å². The minimum Gasteiger partial charge on any atom is -0.317 e. The van der Waals surface area contributed by atoms with Crippen LogP contribution >= 0.6 is 11.3 Å². The molecule has 1 aromatic heterocycles. The maximum Gasteiger partial charge on any atom is 0.100 e. The van der Waals surface area contributed by atoms with Crippen molar-refractivity contribution in [3.05, 3.63) is 21.9 Å². The summed E-state index contributed by atoms with van der Waals surface area (Å²) in [4.78, 5) is 1.37. The summed E-state index contributed by atoms with van der Waals surface area (Å²) in [7, 11) is 0. The molecule has 0 amide bonds. The number of rotatable bonds is 2. The second kappa shape index (κ2) is 4.78. The Hall–Kier alpha value is -0.850. The largest absolute Gasteiger partial charge is 0.317 e. The molecule has 1 fully saturated rings. The van der Waals surface area contributed by atoms with Crippen LogP contribution in [0.2, 0.25) is 0 Å². The first-order valence-corrected chi connectivity index (χ1v) is 6.38. The van der Waals surface area contributed by atoms with E-state index in [1.807, 2.05) is 5.38 Å². The predicted octanol–water partition coefficient (Wildman–Crippen LogP) is 2.72. The lowest BCUT2D eigenvalue weighted by Crippen LogP contribution is -2.29. The van der Waals surface area contributed by atoms with Crippen LogP contribution < -0.4 is 5.32 Å². The standard InChI is InChI=1S/C12H16N2S/c1-9(11-2-4-14-5-3-11)12-6-10(7-13)8-15-12/h6,8-9,11,14H,2-5H2,1H3. The van der Waals surface area contributed by atoms with Crippen LogP contribution in [0.1, 0.15) is 36.1 Å². The fourth-order valence-electron chi connectivity index (χ4n) is 2.23. The first kappa shape index (κ1) is 10.7. The minimum atomic E-state index is 0.610. The van der Waals surface area contributed by atoms with E-state index in [-0.39, 0.29) is 0 Å². The van der Waals surface area contributed by atoms with E-state index in [1.54, 1.807) is 11.3 Å². The third-order valence-corrected chi connectivity index (χ3v) is 4.42. The van der Waals surface area contributed by atoms with E-state index >= 15 is 0 Å².